The van der Waals surface area contributed by atoms with Crippen LogP contribution in [0, 0.1) is 0 Å². The van der Waals surface area contributed by atoms with Crippen LogP contribution >= 0.6 is 0 Å². The molecule has 0 bridgehead atoms. The van der Waals surface area contributed by atoms with Crippen molar-refractivity contribution in [2.45, 2.75) is 38.7 Å². The van der Waals surface area contributed by atoms with E-state index in [4.69, 9.17) is 4.84 Å². The van der Waals surface area contributed by atoms with Crippen molar-refractivity contribution in [3.05, 3.63) is 0 Å². The number of amides is 1. The maximum absolute atomic E-state index is 10.4. The smallest absolute Gasteiger partial charge is 0.240 e. The molecule has 1 saturated carbocycles. The van der Waals surface area contributed by atoms with E-state index >= 15 is 0 Å². The lowest BCUT2D eigenvalue weighted by Gasteiger charge is -2.12. The van der Waals surface area contributed by atoms with Crippen LogP contribution in [0.4, 0.5) is 0 Å². The van der Waals surface area contributed by atoms with Crippen LogP contribution in [0.2, 0.25) is 0 Å². The van der Waals surface area contributed by atoms with E-state index < -0.39 is 0 Å². The molecular weight excluding hydrogens is 130 g/mol. The lowest BCUT2D eigenvalue weighted by Crippen LogP contribution is -2.28. The average Bonchev–Trinajstić information content (AvgIpc) is 2.64. The Morgan fingerprint density at radius 2 is 2.30 bits per heavy atom. The van der Waals surface area contributed by atoms with Crippen molar-refractivity contribution >= 4 is 5.91 Å². The predicted octanol–water partition coefficient (Wildman–Crippen LogP) is 0.997. The molecule has 1 fully saturated rings. The first-order valence-corrected chi connectivity index (χ1v) is 3.63. The molecule has 58 valence electrons. The lowest BCUT2D eigenvalue weighted by molar-refractivity contribution is -0.138. The van der Waals surface area contributed by atoms with Gasteiger partial charge in [-0.05, 0) is 19.3 Å². The molecule has 0 heterocycles. The number of hydrogen-bond donors (Lipinski definition) is 1. The van der Waals surface area contributed by atoms with Gasteiger partial charge in [-0.25, -0.2) is 5.48 Å². The lowest BCUT2D eigenvalue weighted by atomic mass is 10.3. The van der Waals surface area contributed by atoms with E-state index in [1.807, 2.05) is 0 Å². The molecule has 1 amide bonds. The molecule has 0 aliphatic heterocycles. The Balaban J connectivity index is 2.19. The van der Waals surface area contributed by atoms with Gasteiger partial charge in [-0.1, -0.05) is 6.92 Å². The summed E-state index contributed by atoms with van der Waals surface area (Å²) in [6.45, 7) is 3.51. The van der Waals surface area contributed by atoms with Crippen LogP contribution in [-0.2, 0) is 9.63 Å². The zero-order valence-corrected chi connectivity index (χ0v) is 6.44. The number of hydroxylamine groups is 1. The van der Waals surface area contributed by atoms with Crippen molar-refractivity contribution in [2.24, 2.45) is 0 Å². The maximum Gasteiger partial charge on any atom is 0.240 e. The fraction of sp³-hybridized carbons (Fsp3) is 0.857. The standard InChI is InChI=1S/C7H13NO2/c1-3-7(4-5-7)10-8-6(2)9/h3-5H2,1-2H3,(H,8,9). The molecule has 1 N–H and O–H groups in total. The highest BCUT2D eigenvalue weighted by Gasteiger charge is 2.43. The highest BCUT2D eigenvalue weighted by atomic mass is 16.7. The molecule has 10 heavy (non-hydrogen) atoms. The average molecular weight is 143 g/mol. The molecule has 0 saturated heterocycles. The highest BCUT2D eigenvalue weighted by molar-refractivity contribution is 5.71. The van der Waals surface area contributed by atoms with E-state index in [9.17, 15) is 4.79 Å². The van der Waals surface area contributed by atoms with Crippen LogP contribution in [0.3, 0.4) is 0 Å². The van der Waals surface area contributed by atoms with Crippen molar-refractivity contribution in [3.63, 3.8) is 0 Å². The van der Waals surface area contributed by atoms with Gasteiger partial charge in [0.25, 0.3) is 0 Å². The quantitative estimate of drug-likeness (QED) is 0.598. The third kappa shape index (κ3) is 1.70. The van der Waals surface area contributed by atoms with E-state index in [0.29, 0.717) is 0 Å². The molecule has 0 spiro atoms. The molecule has 0 radical (unpaired) electrons. The van der Waals surface area contributed by atoms with Gasteiger partial charge in [0.15, 0.2) is 0 Å². The summed E-state index contributed by atoms with van der Waals surface area (Å²) in [6, 6.07) is 0. The Hall–Kier alpha value is -0.570. The van der Waals surface area contributed by atoms with Crippen LogP contribution in [-0.4, -0.2) is 11.5 Å². The van der Waals surface area contributed by atoms with Gasteiger partial charge in [0.1, 0.15) is 0 Å². The van der Waals surface area contributed by atoms with E-state index in [0.717, 1.165) is 19.3 Å². The Labute approximate surface area is 60.7 Å². The van der Waals surface area contributed by atoms with Crippen molar-refractivity contribution in [1.29, 1.82) is 0 Å². The van der Waals surface area contributed by atoms with Crippen molar-refractivity contribution < 1.29 is 9.63 Å². The van der Waals surface area contributed by atoms with Gasteiger partial charge in [-0.3, -0.25) is 9.63 Å². The zero-order chi connectivity index (χ0) is 7.61. The molecule has 1 aliphatic rings. The number of carbonyl (C=O) groups excluding carboxylic acids is 1. The van der Waals surface area contributed by atoms with Gasteiger partial charge < -0.3 is 0 Å². The third-order valence-electron chi connectivity index (χ3n) is 1.86. The minimum absolute atomic E-state index is 0.00826. The van der Waals surface area contributed by atoms with Gasteiger partial charge in [-0.2, -0.15) is 0 Å². The first-order valence-electron chi connectivity index (χ1n) is 3.63. The molecule has 0 unspecified atom stereocenters. The van der Waals surface area contributed by atoms with E-state index in [-0.39, 0.29) is 11.5 Å². The first kappa shape index (κ1) is 7.54. The molecule has 3 nitrogen and oxygen atoms in total. The van der Waals surface area contributed by atoms with Gasteiger partial charge in [0.05, 0.1) is 5.60 Å². The number of carbonyl (C=O) groups is 1. The molecule has 1 rings (SSSR count). The molecule has 1 aliphatic carbocycles. The molecular formula is C7H13NO2. The first-order chi connectivity index (χ1) is 4.68. The number of nitrogens with one attached hydrogen (secondary N) is 1. The SMILES string of the molecule is CCC1(ONC(C)=O)CC1. The van der Waals surface area contributed by atoms with Crippen LogP contribution in [0.25, 0.3) is 0 Å². The molecule has 0 aromatic carbocycles. The fourth-order valence-corrected chi connectivity index (χ4v) is 0.847. The summed E-state index contributed by atoms with van der Waals surface area (Å²) in [4.78, 5) is 15.5. The summed E-state index contributed by atoms with van der Waals surface area (Å²) in [6.07, 6.45) is 3.13. The van der Waals surface area contributed by atoms with Crippen LogP contribution in [0.5, 0.6) is 0 Å². The number of hydrogen-bond acceptors (Lipinski definition) is 2. The minimum atomic E-state index is -0.125. The zero-order valence-electron chi connectivity index (χ0n) is 6.44. The van der Waals surface area contributed by atoms with E-state index in [1.54, 1.807) is 0 Å². The largest absolute Gasteiger partial charge is 0.273 e. The Kier molecular flexibility index (Phi) is 1.94. The summed E-state index contributed by atoms with van der Waals surface area (Å²) in [5.74, 6) is -0.125. The van der Waals surface area contributed by atoms with Crippen LogP contribution in [0.15, 0.2) is 0 Å². The van der Waals surface area contributed by atoms with Crippen molar-refractivity contribution in [3.8, 4) is 0 Å². The highest BCUT2D eigenvalue weighted by Crippen LogP contribution is 2.41. The predicted molar refractivity (Wildman–Crippen MR) is 37.2 cm³/mol. The normalized spacial score (nSPS) is 20.2. The maximum atomic E-state index is 10.4. The Morgan fingerprint density at radius 3 is 2.60 bits per heavy atom. The van der Waals surface area contributed by atoms with E-state index in [1.165, 1.54) is 6.92 Å². The van der Waals surface area contributed by atoms with Crippen LogP contribution < -0.4 is 5.48 Å². The van der Waals surface area contributed by atoms with Crippen molar-refractivity contribution in [2.75, 3.05) is 0 Å². The van der Waals surface area contributed by atoms with Gasteiger partial charge in [0.2, 0.25) is 5.91 Å². The van der Waals surface area contributed by atoms with E-state index in [2.05, 4.69) is 12.4 Å². The minimum Gasteiger partial charge on any atom is -0.273 e. The summed E-state index contributed by atoms with van der Waals surface area (Å²) in [5.41, 5.74) is 2.35. The summed E-state index contributed by atoms with van der Waals surface area (Å²) < 4.78 is 0. The summed E-state index contributed by atoms with van der Waals surface area (Å²) in [5, 5.41) is 0. The second-order valence-electron chi connectivity index (χ2n) is 2.80. The summed E-state index contributed by atoms with van der Waals surface area (Å²) >= 11 is 0. The van der Waals surface area contributed by atoms with Crippen molar-refractivity contribution in [1.82, 2.24) is 5.48 Å². The monoisotopic (exact) mass is 143 g/mol. The molecule has 0 atom stereocenters. The molecule has 0 aromatic rings. The van der Waals surface area contributed by atoms with Gasteiger partial charge in [-0.15, -0.1) is 0 Å². The summed E-state index contributed by atoms with van der Waals surface area (Å²) in [7, 11) is 0. The van der Waals surface area contributed by atoms with Crippen LogP contribution in [0.1, 0.15) is 33.1 Å². The van der Waals surface area contributed by atoms with Gasteiger partial charge in [0, 0.05) is 6.92 Å². The fourth-order valence-electron chi connectivity index (χ4n) is 0.847. The molecule has 0 aromatic heterocycles. The van der Waals surface area contributed by atoms with Gasteiger partial charge >= 0.3 is 0 Å². The third-order valence-corrected chi connectivity index (χ3v) is 1.86. The molecule has 3 heteroatoms. The Bertz CT molecular complexity index is 141. The second-order valence-corrected chi connectivity index (χ2v) is 2.80. The number of rotatable bonds is 3. The Morgan fingerprint density at radius 1 is 1.70 bits per heavy atom. The topological polar surface area (TPSA) is 38.3 Å². The second kappa shape index (κ2) is 2.58.